The molecule has 9 heavy (non-hydrogen) atoms. The van der Waals surface area contributed by atoms with Crippen LogP contribution in [0.5, 0.6) is 0 Å². The van der Waals surface area contributed by atoms with Gasteiger partial charge < -0.3 is 0 Å². The molecule has 0 aromatic heterocycles. The minimum atomic E-state index is 0.567. The Labute approximate surface area is 68.7 Å². The summed E-state index contributed by atoms with van der Waals surface area (Å²) in [6, 6.07) is 0. The molecule has 1 fully saturated rings. The van der Waals surface area contributed by atoms with Crippen LogP contribution in [-0.2, 0) is 0 Å². The van der Waals surface area contributed by atoms with Crippen LogP contribution < -0.4 is 21.2 Å². The molecule has 56 valence electrons. The maximum atomic E-state index is 2.43. The summed E-state index contributed by atoms with van der Waals surface area (Å²) >= 11 is 0.567. The molecule has 1 aliphatic rings. The molecular formula is C8H16I-. The Balaban J connectivity index is 2.22. The normalized spacial score (nSPS) is 35.8. The molecule has 0 radical (unpaired) electrons. The van der Waals surface area contributed by atoms with Gasteiger partial charge in [0.05, 0.1) is 0 Å². The summed E-state index contributed by atoms with van der Waals surface area (Å²) in [5.41, 5.74) is 0. The molecule has 0 heterocycles. The van der Waals surface area contributed by atoms with Crippen molar-refractivity contribution in [3.63, 3.8) is 0 Å². The average Bonchev–Trinajstić information content (AvgIpc) is 2.18. The first-order valence-electron chi connectivity index (χ1n) is 3.78. The van der Waals surface area contributed by atoms with E-state index in [-0.39, 0.29) is 0 Å². The number of halogens is 1. The molecule has 1 aliphatic carbocycles. The summed E-state index contributed by atoms with van der Waals surface area (Å²) in [7, 11) is 0. The predicted octanol–water partition coefficient (Wildman–Crippen LogP) is -0.859. The fraction of sp³-hybridized carbons (Fsp3) is 1.00. The summed E-state index contributed by atoms with van der Waals surface area (Å²) in [6.07, 6.45) is 4.55. The first-order chi connectivity index (χ1) is 4.34. The number of hydrogen-bond acceptors (Lipinski definition) is 0. The summed E-state index contributed by atoms with van der Waals surface area (Å²) in [6.45, 7) is 2.43. The zero-order chi connectivity index (χ0) is 6.69. The Morgan fingerprint density at radius 3 is 2.67 bits per heavy atom. The molecule has 0 bridgehead atoms. The average molecular weight is 239 g/mol. The van der Waals surface area contributed by atoms with Gasteiger partial charge in [-0.3, -0.25) is 0 Å². The predicted molar refractivity (Wildman–Crippen MR) is 37.3 cm³/mol. The molecule has 1 saturated carbocycles. The first kappa shape index (κ1) is 7.83. The third-order valence-corrected chi connectivity index (χ3v) is 4.40. The van der Waals surface area contributed by atoms with Crippen molar-refractivity contribution in [2.45, 2.75) is 26.2 Å². The number of rotatable bonds is 2. The Bertz CT molecular complexity index is 80.6. The molecule has 0 N–H and O–H groups in total. The van der Waals surface area contributed by atoms with E-state index in [2.05, 4.69) is 11.9 Å². The van der Waals surface area contributed by atoms with Crippen LogP contribution >= 0.6 is 0 Å². The molecule has 0 spiro atoms. The van der Waals surface area contributed by atoms with E-state index in [1.54, 1.807) is 4.43 Å². The van der Waals surface area contributed by atoms with Crippen molar-refractivity contribution in [2.24, 2.45) is 11.8 Å². The van der Waals surface area contributed by atoms with E-state index in [1.165, 1.54) is 19.3 Å². The third-order valence-electron chi connectivity index (χ3n) is 2.39. The zero-order valence-corrected chi connectivity index (χ0v) is 8.52. The van der Waals surface area contributed by atoms with Crippen LogP contribution in [0.1, 0.15) is 26.2 Å². The fourth-order valence-corrected chi connectivity index (χ4v) is 4.09. The van der Waals surface area contributed by atoms with E-state index in [0.29, 0.717) is 21.2 Å². The molecule has 0 aromatic rings. The van der Waals surface area contributed by atoms with Crippen molar-refractivity contribution in [1.82, 2.24) is 0 Å². The van der Waals surface area contributed by atoms with Crippen molar-refractivity contribution in [1.29, 1.82) is 0 Å². The molecule has 0 aliphatic heterocycles. The summed E-state index contributed by atoms with van der Waals surface area (Å²) in [5, 5.41) is 0. The van der Waals surface area contributed by atoms with Crippen molar-refractivity contribution >= 4 is 0 Å². The van der Waals surface area contributed by atoms with Crippen LogP contribution in [0.2, 0.25) is 0 Å². The topological polar surface area (TPSA) is 0 Å². The van der Waals surface area contributed by atoms with Crippen LogP contribution in [0.4, 0.5) is 0 Å². The zero-order valence-electron chi connectivity index (χ0n) is 6.36. The SMILES string of the molecule is C[I-]CC1CCCC1C. The van der Waals surface area contributed by atoms with Crippen LogP contribution in [-0.4, -0.2) is 9.36 Å². The van der Waals surface area contributed by atoms with Gasteiger partial charge in [0, 0.05) is 0 Å². The van der Waals surface area contributed by atoms with Crippen molar-refractivity contribution in [3.05, 3.63) is 0 Å². The second kappa shape index (κ2) is 3.79. The van der Waals surface area contributed by atoms with Crippen LogP contribution in [0, 0.1) is 11.8 Å². The van der Waals surface area contributed by atoms with E-state index in [4.69, 9.17) is 0 Å². The van der Waals surface area contributed by atoms with Gasteiger partial charge in [-0.05, 0) is 0 Å². The molecule has 2 atom stereocenters. The second-order valence-corrected chi connectivity index (χ2v) is 5.50. The van der Waals surface area contributed by atoms with Gasteiger partial charge in [0.1, 0.15) is 0 Å². The second-order valence-electron chi connectivity index (χ2n) is 3.09. The summed E-state index contributed by atoms with van der Waals surface area (Å²) in [4.78, 5) is 2.41. The van der Waals surface area contributed by atoms with Gasteiger partial charge in [0.2, 0.25) is 0 Å². The molecule has 0 nitrogen and oxygen atoms in total. The molecule has 0 saturated heterocycles. The van der Waals surface area contributed by atoms with Gasteiger partial charge >= 0.3 is 68.6 Å². The Morgan fingerprint density at radius 1 is 1.44 bits per heavy atom. The molecule has 2 unspecified atom stereocenters. The van der Waals surface area contributed by atoms with Crippen LogP contribution in [0.15, 0.2) is 0 Å². The molecule has 1 rings (SSSR count). The van der Waals surface area contributed by atoms with E-state index in [9.17, 15) is 0 Å². The minimum absolute atomic E-state index is 0.567. The van der Waals surface area contributed by atoms with E-state index in [0.717, 1.165) is 11.8 Å². The van der Waals surface area contributed by atoms with Gasteiger partial charge in [0.25, 0.3) is 0 Å². The van der Waals surface area contributed by atoms with E-state index < -0.39 is 0 Å². The van der Waals surface area contributed by atoms with E-state index in [1.807, 2.05) is 0 Å². The molecule has 1 heteroatoms. The molecule has 0 aromatic carbocycles. The van der Waals surface area contributed by atoms with Gasteiger partial charge in [-0.15, -0.1) is 0 Å². The van der Waals surface area contributed by atoms with E-state index >= 15 is 0 Å². The van der Waals surface area contributed by atoms with Crippen molar-refractivity contribution in [3.8, 4) is 0 Å². The quantitative estimate of drug-likeness (QED) is 0.434. The van der Waals surface area contributed by atoms with Crippen molar-refractivity contribution in [2.75, 3.05) is 9.36 Å². The van der Waals surface area contributed by atoms with Gasteiger partial charge in [-0.2, -0.15) is 0 Å². The Kier molecular flexibility index (Phi) is 3.30. The van der Waals surface area contributed by atoms with Crippen LogP contribution in [0.3, 0.4) is 0 Å². The van der Waals surface area contributed by atoms with Crippen molar-refractivity contribution < 1.29 is 21.2 Å². The standard InChI is InChI=1S/C8H16I/c1-7-4-3-5-8(7)6-9-2/h7-8H,3-6H2,1-2H3/q-1. The number of alkyl halides is 2. The molecular weight excluding hydrogens is 223 g/mol. The summed E-state index contributed by atoms with van der Waals surface area (Å²) in [5.74, 6) is 2.19. The Hall–Kier alpha value is 0.730. The maximum absolute atomic E-state index is 2.43. The van der Waals surface area contributed by atoms with Gasteiger partial charge in [0.15, 0.2) is 0 Å². The summed E-state index contributed by atoms with van der Waals surface area (Å²) < 4.78 is 1.58. The number of hydrogen-bond donors (Lipinski definition) is 0. The third kappa shape index (κ3) is 2.10. The fourth-order valence-electron chi connectivity index (χ4n) is 1.65. The first-order valence-corrected chi connectivity index (χ1v) is 7.46. The van der Waals surface area contributed by atoms with Crippen LogP contribution in [0.25, 0.3) is 0 Å². The molecule has 0 amide bonds. The van der Waals surface area contributed by atoms with Gasteiger partial charge in [-0.1, -0.05) is 0 Å². The monoisotopic (exact) mass is 239 g/mol. The van der Waals surface area contributed by atoms with Gasteiger partial charge in [-0.25, -0.2) is 0 Å². The Morgan fingerprint density at radius 2 is 2.22 bits per heavy atom.